The Kier molecular flexibility index (Phi) is 3.81. The first-order valence-corrected chi connectivity index (χ1v) is 10.1. The first-order valence-electron chi connectivity index (χ1n) is 9.15. The fourth-order valence-electron chi connectivity index (χ4n) is 6.71. The van der Waals surface area contributed by atoms with E-state index < -0.39 is 0 Å². The van der Waals surface area contributed by atoms with Crippen molar-refractivity contribution in [1.82, 2.24) is 0 Å². The Morgan fingerprint density at radius 1 is 1.04 bits per heavy atom. The zero-order chi connectivity index (χ0) is 16.6. The van der Waals surface area contributed by atoms with Crippen LogP contribution in [0.15, 0.2) is 12.2 Å². The van der Waals surface area contributed by atoms with E-state index in [9.17, 15) is 15.3 Å². The van der Waals surface area contributed by atoms with Crippen LogP contribution in [-0.2, 0) is 0 Å². The zero-order valence-corrected chi connectivity index (χ0v) is 15.6. The summed E-state index contributed by atoms with van der Waals surface area (Å²) < 4.78 is 0. The second-order valence-corrected chi connectivity index (χ2v) is 10.2. The van der Waals surface area contributed by atoms with E-state index in [-0.39, 0.29) is 39.9 Å². The lowest BCUT2D eigenvalue weighted by Gasteiger charge is -2.60. The van der Waals surface area contributed by atoms with E-state index in [4.69, 9.17) is 0 Å². The largest absolute Gasteiger partial charge is 0.393 e. The number of halogens is 1. The number of hydrogen-bond donors (Lipinski definition) is 3. The normalized spacial score (nSPS) is 61.7. The van der Waals surface area contributed by atoms with Gasteiger partial charge in [0.05, 0.1) is 18.3 Å². The Morgan fingerprint density at radius 2 is 1.78 bits per heavy atom. The molecule has 3 N–H and O–H groups in total. The predicted octanol–water partition coefficient (Wildman–Crippen LogP) is 2.87. The molecule has 4 aliphatic carbocycles. The van der Waals surface area contributed by atoms with E-state index in [0.717, 1.165) is 32.1 Å². The van der Waals surface area contributed by atoms with Crippen molar-refractivity contribution in [3.05, 3.63) is 12.2 Å². The van der Waals surface area contributed by atoms with Crippen LogP contribution in [-0.4, -0.2) is 38.5 Å². The van der Waals surface area contributed by atoms with Gasteiger partial charge in [-0.1, -0.05) is 41.9 Å². The summed E-state index contributed by atoms with van der Waals surface area (Å²) in [6, 6.07) is 0. The molecule has 3 nitrogen and oxygen atoms in total. The number of hydrogen-bond acceptors (Lipinski definition) is 3. The van der Waals surface area contributed by atoms with Crippen LogP contribution < -0.4 is 0 Å². The number of alkyl halides is 1. The van der Waals surface area contributed by atoms with Crippen LogP contribution in [0.4, 0.5) is 0 Å². The van der Waals surface area contributed by atoms with E-state index in [1.165, 1.54) is 0 Å². The topological polar surface area (TPSA) is 60.7 Å². The molecule has 4 heteroatoms. The summed E-state index contributed by atoms with van der Waals surface area (Å²) in [4.78, 5) is 0.151. The molecule has 0 aromatic heterocycles. The van der Waals surface area contributed by atoms with Gasteiger partial charge in [-0.2, -0.15) is 0 Å². The molecule has 3 saturated carbocycles. The molecule has 10 atom stereocenters. The second-order valence-electron chi connectivity index (χ2n) is 9.06. The molecule has 3 fully saturated rings. The van der Waals surface area contributed by atoms with E-state index in [2.05, 4.69) is 35.9 Å². The van der Waals surface area contributed by atoms with Crippen molar-refractivity contribution < 1.29 is 15.3 Å². The Labute approximate surface area is 147 Å². The van der Waals surface area contributed by atoms with Gasteiger partial charge in [0.2, 0.25) is 0 Å². The summed E-state index contributed by atoms with van der Waals surface area (Å²) in [5.41, 5.74) is 0.0111. The molecule has 0 heterocycles. The Morgan fingerprint density at radius 3 is 2.52 bits per heavy atom. The molecule has 0 saturated heterocycles. The minimum Gasteiger partial charge on any atom is -0.393 e. The van der Waals surface area contributed by atoms with Crippen molar-refractivity contribution in [3.63, 3.8) is 0 Å². The van der Waals surface area contributed by atoms with Crippen LogP contribution in [0, 0.1) is 34.5 Å². The smallest absolute Gasteiger partial charge is 0.0724 e. The van der Waals surface area contributed by atoms with Gasteiger partial charge in [-0.05, 0) is 66.6 Å². The van der Waals surface area contributed by atoms with Gasteiger partial charge in [0, 0.05) is 4.83 Å². The summed E-state index contributed by atoms with van der Waals surface area (Å²) in [5, 5.41) is 31.7. The average Bonchev–Trinajstić information content (AvgIpc) is 2.73. The highest BCUT2D eigenvalue weighted by molar-refractivity contribution is 9.09. The number of aliphatic hydroxyl groups excluding tert-OH is 3. The van der Waals surface area contributed by atoms with E-state index in [1.54, 1.807) is 0 Å². The maximum Gasteiger partial charge on any atom is 0.0724 e. The summed E-state index contributed by atoms with van der Waals surface area (Å²) in [6.45, 7) is 4.56. The zero-order valence-electron chi connectivity index (χ0n) is 14.0. The minimum absolute atomic E-state index is 0.0720. The average molecular weight is 385 g/mol. The molecule has 4 rings (SSSR count). The lowest BCUT2D eigenvalue weighted by Crippen LogP contribution is -2.57. The second kappa shape index (κ2) is 5.30. The summed E-state index contributed by atoms with van der Waals surface area (Å²) in [5.74, 6) is 1.48. The van der Waals surface area contributed by atoms with Crippen LogP contribution in [0.3, 0.4) is 0 Å². The van der Waals surface area contributed by atoms with Crippen molar-refractivity contribution >= 4 is 15.9 Å². The Balaban J connectivity index is 1.72. The van der Waals surface area contributed by atoms with Gasteiger partial charge >= 0.3 is 0 Å². The first kappa shape index (κ1) is 16.6. The summed E-state index contributed by atoms with van der Waals surface area (Å²) in [6.07, 6.45) is 7.88. The molecule has 0 amide bonds. The van der Waals surface area contributed by atoms with Gasteiger partial charge in [0.15, 0.2) is 0 Å². The van der Waals surface area contributed by atoms with Crippen molar-refractivity contribution in [1.29, 1.82) is 0 Å². The Hall–Kier alpha value is 0.100. The number of fused-ring (bicyclic) bond motifs is 5. The molecule has 0 radical (unpaired) electrons. The number of aliphatic hydroxyl groups is 3. The SMILES string of the molecule is C[C@]12C=C[C@H](O)C[C@@H]1C[C@H](O)[C@@H]1[C@@H]2CC[C@]2(C)[C@@H](O)[C@H](Br)C[C@@H]12. The standard InChI is InChI=1S/C19H29BrO3/c1-18-5-3-11(21)7-10(18)8-15(22)16-12(18)4-6-19(2)13(16)9-14(20)17(19)23/h3,5,10-17,21-23H,4,6-9H2,1-2H3/t10-,11+,12+,13+,14-,15+,16-,17+,18+,19+/m1/s1. The molecule has 23 heavy (non-hydrogen) atoms. The van der Waals surface area contributed by atoms with E-state index in [1.807, 2.05) is 6.08 Å². The maximum atomic E-state index is 11.0. The quantitative estimate of drug-likeness (QED) is 0.444. The Bertz CT molecular complexity index is 523. The van der Waals surface area contributed by atoms with Gasteiger partial charge in [-0.15, -0.1) is 0 Å². The van der Waals surface area contributed by atoms with Crippen LogP contribution in [0.1, 0.15) is 46.0 Å². The van der Waals surface area contributed by atoms with Gasteiger partial charge < -0.3 is 15.3 Å². The molecule has 4 aliphatic rings. The number of allylic oxidation sites excluding steroid dienone is 1. The van der Waals surface area contributed by atoms with Crippen molar-refractivity contribution in [2.45, 2.75) is 69.1 Å². The highest BCUT2D eigenvalue weighted by Crippen LogP contribution is 2.65. The highest BCUT2D eigenvalue weighted by atomic mass is 79.9. The van der Waals surface area contributed by atoms with Gasteiger partial charge in [-0.25, -0.2) is 0 Å². The molecule has 0 aromatic rings. The van der Waals surface area contributed by atoms with Crippen LogP contribution >= 0.6 is 15.9 Å². The monoisotopic (exact) mass is 384 g/mol. The molecule has 0 aromatic carbocycles. The van der Waals surface area contributed by atoms with Crippen molar-refractivity contribution in [2.75, 3.05) is 0 Å². The molecule has 0 unspecified atom stereocenters. The third-order valence-electron chi connectivity index (χ3n) is 8.12. The highest BCUT2D eigenvalue weighted by Gasteiger charge is 2.63. The first-order chi connectivity index (χ1) is 10.8. The summed E-state index contributed by atoms with van der Waals surface area (Å²) in [7, 11) is 0. The minimum atomic E-state index is -0.356. The summed E-state index contributed by atoms with van der Waals surface area (Å²) >= 11 is 3.68. The van der Waals surface area contributed by atoms with Gasteiger partial charge in [0.1, 0.15) is 0 Å². The van der Waals surface area contributed by atoms with Crippen molar-refractivity contribution in [3.8, 4) is 0 Å². The lowest BCUT2D eigenvalue weighted by atomic mass is 9.45. The van der Waals surface area contributed by atoms with Crippen LogP contribution in [0.2, 0.25) is 0 Å². The maximum absolute atomic E-state index is 11.0. The lowest BCUT2D eigenvalue weighted by molar-refractivity contribution is -0.150. The third kappa shape index (κ3) is 2.17. The van der Waals surface area contributed by atoms with Gasteiger partial charge in [0.25, 0.3) is 0 Å². The molecule has 0 bridgehead atoms. The molecule has 0 aliphatic heterocycles. The molecule has 130 valence electrons. The van der Waals surface area contributed by atoms with Crippen molar-refractivity contribution in [2.24, 2.45) is 34.5 Å². The third-order valence-corrected chi connectivity index (χ3v) is 8.99. The fraction of sp³-hybridized carbons (Fsp3) is 0.895. The van der Waals surface area contributed by atoms with Crippen LogP contribution in [0.5, 0.6) is 0 Å². The molecular weight excluding hydrogens is 356 g/mol. The number of rotatable bonds is 0. The van der Waals surface area contributed by atoms with E-state index >= 15 is 0 Å². The molecular formula is C19H29BrO3. The molecule has 0 spiro atoms. The predicted molar refractivity (Wildman–Crippen MR) is 93.1 cm³/mol. The fourth-order valence-corrected chi connectivity index (χ4v) is 7.71. The van der Waals surface area contributed by atoms with Crippen LogP contribution in [0.25, 0.3) is 0 Å². The van der Waals surface area contributed by atoms with E-state index in [0.29, 0.717) is 17.8 Å². The van der Waals surface area contributed by atoms with Gasteiger partial charge in [-0.3, -0.25) is 0 Å².